The molecular weight excluding hydrogens is 350 g/mol. The predicted octanol–water partition coefficient (Wildman–Crippen LogP) is 4.81. The van der Waals surface area contributed by atoms with Gasteiger partial charge in [-0.2, -0.15) is 8.42 Å². The van der Waals surface area contributed by atoms with Gasteiger partial charge in [0.1, 0.15) is 0 Å². The smallest absolute Gasteiger partial charge is 0.276 e. The second-order valence-electron chi connectivity index (χ2n) is 7.04. The number of hydrogen-bond acceptors (Lipinski definition) is 4. The van der Waals surface area contributed by atoms with Gasteiger partial charge >= 0.3 is 0 Å². The molecule has 0 aliphatic heterocycles. The molecular formula is C20H39NO4S. The molecule has 1 atom stereocenters. The minimum Gasteiger partial charge on any atom is -0.329 e. The Kier molecular flexibility index (Phi) is 16.0. The van der Waals surface area contributed by atoms with Crippen LogP contribution in [0.5, 0.6) is 0 Å². The largest absolute Gasteiger partial charge is 0.329 e. The van der Waals surface area contributed by atoms with Crippen LogP contribution in [-0.4, -0.2) is 30.5 Å². The average Bonchev–Trinajstić information content (AvgIpc) is 2.57. The predicted molar refractivity (Wildman–Crippen MR) is 109 cm³/mol. The van der Waals surface area contributed by atoms with E-state index >= 15 is 0 Å². The van der Waals surface area contributed by atoms with Crippen LogP contribution < -0.4 is 5.73 Å². The maximum atomic E-state index is 11.7. The van der Waals surface area contributed by atoms with E-state index in [4.69, 9.17) is 10.3 Å². The highest BCUT2D eigenvalue weighted by molar-refractivity contribution is 7.87. The van der Waals surface area contributed by atoms with Gasteiger partial charge in [0.25, 0.3) is 10.1 Å². The number of ketones is 1. The zero-order chi connectivity index (χ0) is 19.7. The Hall–Kier alpha value is -0.720. The molecule has 0 bridgehead atoms. The fraction of sp³-hybridized carbons (Fsp3) is 0.850. The Morgan fingerprint density at radius 2 is 1.35 bits per heavy atom. The molecule has 0 heterocycles. The molecule has 5 nitrogen and oxygen atoms in total. The van der Waals surface area contributed by atoms with E-state index in [9.17, 15) is 13.2 Å². The van der Waals surface area contributed by atoms with Gasteiger partial charge in [-0.3, -0.25) is 9.35 Å². The van der Waals surface area contributed by atoms with Gasteiger partial charge in [0.15, 0.2) is 11.0 Å². The third kappa shape index (κ3) is 14.4. The maximum Gasteiger partial charge on any atom is 0.276 e. The average molecular weight is 390 g/mol. The van der Waals surface area contributed by atoms with Crippen LogP contribution >= 0.6 is 0 Å². The molecule has 0 aromatic heterocycles. The zero-order valence-corrected chi connectivity index (χ0v) is 17.3. The Morgan fingerprint density at radius 1 is 0.885 bits per heavy atom. The summed E-state index contributed by atoms with van der Waals surface area (Å²) in [7, 11) is -4.37. The topological polar surface area (TPSA) is 97.5 Å². The molecule has 154 valence electrons. The van der Waals surface area contributed by atoms with E-state index in [1.54, 1.807) is 0 Å². The Labute approximate surface area is 160 Å². The van der Waals surface area contributed by atoms with E-state index in [-0.39, 0.29) is 13.0 Å². The van der Waals surface area contributed by atoms with Crippen molar-refractivity contribution >= 4 is 15.9 Å². The van der Waals surface area contributed by atoms with Crippen molar-refractivity contribution in [1.82, 2.24) is 0 Å². The van der Waals surface area contributed by atoms with E-state index in [1.165, 1.54) is 44.9 Å². The van der Waals surface area contributed by atoms with Crippen LogP contribution in [0.3, 0.4) is 0 Å². The van der Waals surface area contributed by atoms with Gasteiger partial charge < -0.3 is 5.73 Å². The molecule has 0 spiro atoms. The number of carbonyl (C=O) groups is 1. The maximum absolute atomic E-state index is 11.7. The zero-order valence-electron chi connectivity index (χ0n) is 16.5. The molecule has 1 unspecified atom stereocenters. The van der Waals surface area contributed by atoms with Crippen LogP contribution in [-0.2, 0) is 14.9 Å². The van der Waals surface area contributed by atoms with E-state index < -0.39 is 21.2 Å². The van der Waals surface area contributed by atoms with Gasteiger partial charge in [-0.1, -0.05) is 70.4 Å². The molecule has 0 radical (unpaired) electrons. The highest BCUT2D eigenvalue weighted by Gasteiger charge is 2.28. The lowest BCUT2D eigenvalue weighted by Crippen LogP contribution is -2.36. The summed E-state index contributed by atoms with van der Waals surface area (Å²) in [6, 6.07) is 0. The SMILES string of the molecule is CCCCCCCCC=CCCCCCCCC(=O)C(CN)S(=O)(=O)O. The number of nitrogens with two attached hydrogens (primary N) is 1. The van der Waals surface area contributed by atoms with Crippen molar-refractivity contribution in [3.8, 4) is 0 Å². The minimum atomic E-state index is -4.37. The molecule has 0 fully saturated rings. The van der Waals surface area contributed by atoms with Crippen molar-refractivity contribution in [3.05, 3.63) is 12.2 Å². The van der Waals surface area contributed by atoms with Gasteiger partial charge in [0.2, 0.25) is 0 Å². The fourth-order valence-electron chi connectivity index (χ4n) is 2.95. The van der Waals surface area contributed by atoms with E-state index in [2.05, 4.69) is 19.1 Å². The van der Waals surface area contributed by atoms with Crippen LogP contribution in [0.1, 0.15) is 96.8 Å². The van der Waals surface area contributed by atoms with Crippen LogP contribution in [0.2, 0.25) is 0 Å². The molecule has 0 saturated heterocycles. The highest BCUT2D eigenvalue weighted by atomic mass is 32.2. The lowest BCUT2D eigenvalue weighted by Gasteiger charge is -2.09. The third-order valence-electron chi connectivity index (χ3n) is 4.62. The van der Waals surface area contributed by atoms with Crippen molar-refractivity contribution in [3.63, 3.8) is 0 Å². The number of Topliss-reactive ketones (excluding diaryl/α,β-unsaturated/α-hetero) is 1. The van der Waals surface area contributed by atoms with Crippen molar-refractivity contribution in [2.45, 2.75) is 102 Å². The van der Waals surface area contributed by atoms with E-state index in [1.807, 2.05) is 0 Å². The quantitative estimate of drug-likeness (QED) is 0.199. The normalized spacial score (nSPS) is 13.3. The summed E-state index contributed by atoms with van der Waals surface area (Å²) < 4.78 is 31.0. The first-order valence-electron chi connectivity index (χ1n) is 10.3. The Morgan fingerprint density at radius 3 is 1.81 bits per heavy atom. The van der Waals surface area contributed by atoms with Crippen molar-refractivity contribution in [2.24, 2.45) is 5.73 Å². The van der Waals surface area contributed by atoms with Crippen molar-refractivity contribution in [2.75, 3.05) is 6.54 Å². The van der Waals surface area contributed by atoms with Gasteiger partial charge in [-0.05, 0) is 32.1 Å². The van der Waals surface area contributed by atoms with Gasteiger partial charge in [-0.15, -0.1) is 0 Å². The lowest BCUT2D eigenvalue weighted by molar-refractivity contribution is -0.118. The first-order chi connectivity index (χ1) is 12.4. The summed E-state index contributed by atoms with van der Waals surface area (Å²) in [5.41, 5.74) is 5.25. The summed E-state index contributed by atoms with van der Waals surface area (Å²) in [6.07, 6.45) is 19.9. The molecule has 0 aliphatic carbocycles. The molecule has 0 rings (SSSR count). The lowest BCUT2D eigenvalue weighted by atomic mass is 10.1. The van der Waals surface area contributed by atoms with Crippen LogP contribution in [0, 0.1) is 0 Å². The first kappa shape index (κ1) is 25.3. The van der Waals surface area contributed by atoms with Gasteiger partial charge in [0, 0.05) is 13.0 Å². The third-order valence-corrected chi connectivity index (χ3v) is 5.79. The second-order valence-corrected chi connectivity index (χ2v) is 8.64. The van der Waals surface area contributed by atoms with Crippen LogP contribution in [0.15, 0.2) is 12.2 Å². The number of hydrogen-bond donors (Lipinski definition) is 2. The molecule has 6 heteroatoms. The Balaban J connectivity index is 3.48. The molecule has 0 aromatic carbocycles. The molecule has 0 amide bonds. The fourth-order valence-corrected chi connectivity index (χ4v) is 3.64. The minimum absolute atomic E-state index is 0.166. The van der Waals surface area contributed by atoms with E-state index in [0.717, 1.165) is 32.1 Å². The molecule has 0 aromatic rings. The molecule has 0 saturated carbocycles. The standard InChI is InChI=1S/C20H39NO4S/c1-2-3-4-5-6-7-8-9-10-11-12-13-14-15-16-17-19(22)20(18-21)26(23,24)25/h9-10,20H,2-8,11-18,21H2,1H3,(H,23,24,25). The van der Waals surface area contributed by atoms with Crippen molar-refractivity contribution in [1.29, 1.82) is 0 Å². The Bertz CT molecular complexity index is 474. The number of unbranched alkanes of at least 4 members (excludes halogenated alkanes) is 11. The van der Waals surface area contributed by atoms with Crippen LogP contribution in [0.25, 0.3) is 0 Å². The molecule has 3 N–H and O–H groups in total. The summed E-state index contributed by atoms with van der Waals surface area (Å²) in [4.78, 5) is 11.7. The first-order valence-corrected chi connectivity index (χ1v) is 11.8. The number of carbonyl (C=O) groups excluding carboxylic acids is 1. The van der Waals surface area contributed by atoms with Gasteiger partial charge in [0.05, 0.1) is 0 Å². The number of rotatable bonds is 18. The molecule has 0 aliphatic rings. The molecule has 26 heavy (non-hydrogen) atoms. The summed E-state index contributed by atoms with van der Waals surface area (Å²) in [5, 5.41) is -1.46. The number of allylic oxidation sites excluding steroid dienone is 2. The van der Waals surface area contributed by atoms with Crippen molar-refractivity contribution < 1.29 is 17.8 Å². The van der Waals surface area contributed by atoms with Crippen LogP contribution in [0.4, 0.5) is 0 Å². The second kappa shape index (κ2) is 16.5. The monoisotopic (exact) mass is 389 g/mol. The summed E-state index contributed by atoms with van der Waals surface area (Å²) in [5.74, 6) is -0.479. The summed E-state index contributed by atoms with van der Waals surface area (Å²) in [6.45, 7) is 1.88. The van der Waals surface area contributed by atoms with Gasteiger partial charge in [-0.25, -0.2) is 0 Å². The highest BCUT2D eigenvalue weighted by Crippen LogP contribution is 2.11. The van der Waals surface area contributed by atoms with E-state index in [0.29, 0.717) is 6.42 Å². The summed E-state index contributed by atoms with van der Waals surface area (Å²) >= 11 is 0.